The van der Waals surface area contributed by atoms with Crippen molar-refractivity contribution in [2.24, 2.45) is 17.8 Å². The van der Waals surface area contributed by atoms with Gasteiger partial charge in [-0.1, -0.05) is 37.8 Å². The molecule has 0 aliphatic heterocycles. The molecular formula is C45H46F10O8. The molecule has 0 heterocycles. The second-order valence-electron chi connectivity index (χ2n) is 15.5. The van der Waals surface area contributed by atoms with Gasteiger partial charge in [0.15, 0.2) is 0 Å². The van der Waals surface area contributed by atoms with E-state index in [0.717, 1.165) is 6.42 Å². The number of allylic oxidation sites excluding steroid dienone is 2. The first-order valence-corrected chi connectivity index (χ1v) is 20.5. The van der Waals surface area contributed by atoms with Crippen molar-refractivity contribution in [2.75, 3.05) is 13.2 Å². The predicted molar refractivity (Wildman–Crippen MR) is 207 cm³/mol. The van der Waals surface area contributed by atoms with Crippen LogP contribution in [-0.2, 0) is 16.1 Å². The summed E-state index contributed by atoms with van der Waals surface area (Å²) in [5.74, 6) is -10.5. The van der Waals surface area contributed by atoms with Gasteiger partial charge in [-0.2, -0.15) is 43.9 Å². The molecule has 0 aromatic heterocycles. The molecular weight excluding hydrogens is 858 g/mol. The molecule has 63 heavy (non-hydrogen) atoms. The molecule has 3 aromatic rings. The monoisotopic (exact) mass is 904 g/mol. The highest BCUT2D eigenvalue weighted by molar-refractivity contribution is 5.92. The first-order valence-electron chi connectivity index (χ1n) is 20.5. The van der Waals surface area contributed by atoms with Crippen molar-refractivity contribution in [3.8, 4) is 23.0 Å². The summed E-state index contributed by atoms with van der Waals surface area (Å²) in [4.78, 5) is 39.4. The fourth-order valence-electron chi connectivity index (χ4n) is 7.11. The summed E-state index contributed by atoms with van der Waals surface area (Å²) < 4.78 is 154. The van der Waals surface area contributed by atoms with E-state index >= 15 is 0 Å². The van der Waals surface area contributed by atoms with Crippen LogP contribution >= 0.6 is 0 Å². The van der Waals surface area contributed by atoms with Crippen LogP contribution < -0.4 is 18.9 Å². The van der Waals surface area contributed by atoms with E-state index in [1.165, 1.54) is 66.7 Å². The number of ether oxygens (including phenoxy) is 5. The fraction of sp³-hybridized carbons (Fsp3) is 0.489. The molecule has 1 saturated carbocycles. The Morgan fingerprint density at radius 2 is 1.02 bits per heavy atom. The molecule has 344 valence electrons. The molecule has 8 nitrogen and oxygen atoms in total. The Kier molecular flexibility index (Phi) is 16.5. The zero-order chi connectivity index (χ0) is 45.8. The van der Waals surface area contributed by atoms with Gasteiger partial charge in [0.05, 0.1) is 30.3 Å². The van der Waals surface area contributed by atoms with Crippen LogP contribution in [0.1, 0.15) is 103 Å². The number of hydrogen-bond acceptors (Lipinski definition) is 8. The van der Waals surface area contributed by atoms with Gasteiger partial charge in [-0.3, -0.25) is 4.79 Å². The number of carbonyl (C=O) groups is 3. The van der Waals surface area contributed by atoms with Gasteiger partial charge >= 0.3 is 42.1 Å². The van der Waals surface area contributed by atoms with Gasteiger partial charge in [0, 0.05) is 18.4 Å². The number of fused-ring (bicyclic) bond motifs is 2. The van der Waals surface area contributed by atoms with E-state index < -0.39 is 54.9 Å². The van der Waals surface area contributed by atoms with Gasteiger partial charge in [0.2, 0.25) is 0 Å². The van der Waals surface area contributed by atoms with Crippen LogP contribution in [0, 0.1) is 17.8 Å². The van der Waals surface area contributed by atoms with E-state index in [2.05, 4.69) is 6.08 Å². The maximum atomic E-state index is 13.2. The highest BCUT2D eigenvalue weighted by Gasteiger charge is 2.57. The second-order valence-corrected chi connectivity index (χ2v) is 15.5. The van der Waals surface area contributed by atoms with E-state index in [4.69, 9.17) is 23.7 Å². The SMILES string of the molecule is O=C(Oc1ccc(OC(=O)c2ccc(OCCCCCCC(F)(F)C(F)(F)F)cc2)c(COC(=O)C2CC3C=CC2C3)c1)c1ccc(OCCCCCCC(F)(F)C(F)(F)F)cc1. The molecule has 0 radical (unpaired) electrons. The van der Waals surface area contributed by atoms with E-state index in [9.17, 15) is 58.3 Å². The Morgan fingerprint density at radius 1 is 0.540 bits per heavy atom. The zero-order valence-electron chi connectivity index (χ0n) is 33.9. The average Bonchev–Trinajstić information content (AvgIpc) is 3.87. The molecule has 18 heteroatoms. The van der Waals surface area contributed by atoms with Crippen LogP contribution in [0.4, 0.5) is 43.9 Å². The molecule has 3 unspecified atom stereocenters. The topological polar surface area (TPSA) is 97.4 Å². The van der Waals surface area contributed by atoms with Gasteiger partial charge in [-0.25, -0.2) is 9.59 Å². The molecule has 0 amide bonds. The van der Waals surface area contributed by atoms with Gasteiger partial charge in [-0.15, -0.1) is 0 Å². The van der Waals surface area contributed by atoms with Crippen molar-refractivity contribution < 1.29 is 82.0 Å². The number of alkyl halides is 10. The van der Waals surface area contributed by atoms with Crippen LogP contribution in [0.2, 0.25) is 0 Å². The molecule has 1 fully saturated rings. The minimum atomic E-state index is -5.57. The molecule has 0 N–H and O–H groups in total. The van der Waals surface area contributed by atoms with Crippen molar-refractivity contribution in [3.05, 3.63) is 95.6 Å². The molecule has 0 saturated heterocycles. The first kappa shape index (κ1) is 48.7. The number of halogens is 10. The Bertz CT molecular complexity index is 2010. The van der Waals surface area contributed by atoms with Crippen LogP contribution in [0.25, 0.3) is 0 Å². The average molecular weight is 905 g/mol. The molecule has 2 bridgehead atoms. The van der Waals surface area contributed by atoms with Crippen LogP contribution in [0.3, 0.4) is 0 Å². The van der Waals surface area contributed by atoms with E-state index in [1.54, 1.807) is 0 Å². The summed E-state index contributed by atoms with van der Waals surface area (Å²) in [5.41, 5.74) is 0.487. The predicted octanol–water partition coefficient (Wildman–Crippen LogP) is 12.4. The third-order valence-electron chi connectivity index (χ3n) is 10.7. The van der Waals surface area contributed by atoms with Crippen molar-refractivity contribution in [1.82, 2.24) is 0 Å². The number of carbonyl (C=O) groups excluding carboxylic acids is 3. The summed E-state index contributed by atoms with van der Waals surface area (Å²) >= 11 is 0. The maximum absolute atomic E-state index is 13.2. The van der Waals surface area contributed by atoms with E-state index in [0.29, 0.717) is 49.5 Å². The minimum absolute atomic E-state index is 0.0227. The highest BCUT2D eigenvalue weighted by atomic mass is 19.4. The third kappa shape index (κ3) is 14.1. The summed E-state index contributed by atoms with van der Waals surface area (Å²) in [5, 5.41) is 0. The lowest BCUT2D eigenvalue weighted by Gasteiger charge is -2.19. The smallest absolute Gasteiger partial charge is 0.453 e. The quantitative estimate of drug-likeness (QED) is 0.0305. The van der Waals surface area contributed by atoms with Crippen molar-refractivity contribution >= 4 is 17.9 Å². The Morgan fingerprint density at radius 3 is 1.48 bits per heavy atom. The summed E-state index contributed by atoms with van der Waals surface area (Å²) in [7, 11) is 0. The van der Waals surface area contributed by atoms with Crippen molar-refractivity contribution in [3.63, 3.8) is 0 Å². The molecule has 2 aliphatic carbocycles. The van der Waals surface area contributed by atoms with Gasteiger partial charge < -0.3 is 23.7 Å². The fourth-order valence-corrected chi connectivity index (χ4v) is 7.11. The number of hydrogen-bond donors (Lipinski definition) is 0. The maximum Gasteiger partial charge on any atom is 0.453 e. The van der Waals surface area contributed by atoms with Gasteiger partial charge in [0.25, 0.3) is 0 Å². The van der Waals surface area contributed by atoms with Gasteiger partial charge in [-0.05, 0) is 117 Å². The Balaban J connectivity index is 1.12. The van der Waals surface area contributed by atoms with E-state index in [-0.39, 0.29) is 85.5 Å². The van der Waals surface area contributed by atoms with Gasteiger partial charge in [0.1, 0.15) is 29.6 Å². The zero-order valence-corrected chi connectivity index (χ0v) is 33.9. The Hall–Kier alpha value is -5.29. The molecule has 5 rings (SSSR count). The number of rotatable bonds is 23. The number of esters is 3. The van der Waals surface area contributed by atoms with Crippen molar-refractivity contribution in [1.29, 1.82) is 0 Å². The number of unbranched alkanes of at least 4 members (excludes halogenated alkanes) is 6. The minimum Gasteiger partial charge on any atom is -0.494 e. The largest absolute Gasteiger partial charge is 0.494 e. The molecule has 0 spiro atoms. The summed E-state index contributed by atoms with van der Waals surface area (Å²) in [6.07, 6.45) is -6.75. The highest BCUT2D eigenvalue weighted by Crippen LogP contribution is 2.44. The molecule has 3 atom stereocenters. The van der Waals surface area contributed by atoms with Crippen LogP contribution in [-0.4, -0.2) is 55.3 Å². The second kappa shape index (κ2) is 21.4. The number of benzene rings is 3. The summed E-state index contributed by atoms with van der Waals surface area (Å²) in [6.45, 7) is 0.0201. The lowest BCUT2D eigenvalue weighted by molar-refractivity contribution is -0.284. The third-order valence-corrected chi connectivity index (χ3v) is 10.7. The molecule has 3 aromatic carbocycles. The van der Waals surface area contributed by atoms with E-state index in [1.807, 2.05) is 6.08 Å². The first-order chi connectivity index (χ1) is 29.7. The standard InChI is InChI=1S/C45H46F10O8/c46-42(47,44(50,51)52)21-5-1-3-7-23-59-34-15-11-30(12-16-34)39(56)62-36-19-20-38(33(27-36)28-61-41(58)37-26-29-9-10-32(37)25-29)63-40(57)31-13-17-35(18-14-31)60-24-8-4-2-6-22-43(48,49)45(53,54)55/h9-20,27,29,32,37H,1-8,21-26,28H2. The summed E-state index contributed by atoms with van der Waals surface area (Å²) in [6, 6.07) is 15.9. The lowest BCUT2D eigenvalue weighted by Crippen LogP contribution is -2.36. The normalized spacial score (nSPS) is 17.4. The van der Waals surface area contributed by atoms with Crippen LogP contribution in [0.15, 0.2) is 78.9 Å². The van der Waals surface area contributed by atoms with Crippen LogP contribution in [0.5, 0.6) is 23.0 Å². The lowest BCUT2D eigenvalue weighted by atomic mass is 9.94. The molecule has 2 aliphatic rings. The van der Waals surface area contributed by atoms with Crippen molar-refractivity contribution in [2.45, 2.75) is 108 Å². The Labute approximate surface area is 356 Å².